The highest BCUT2D eigenvalue weighted by molar-refractivity contribution is 5.94. The number of aromatic nitrogens is 1. The normalized spacial score (nSPS) is 10.7. The van der Waals surface area contributed by atoms with Gasteiger partial charge in [0.25, 0.3) is 5.56 Å². The molecule has 0 atom stereocenters. The number of fused-ring (bicyclic) bond motifs is 1. The van der Waals surface area contributed by atoms with Gasteiger partial charge in [0.1, 0.15) is 0 Å². The summed E-state index contributed by atoms with van der Waals surface area (Å²) in [4.78, 5) is 26.3. The van der Waals surface area contributed by atoms with E-state index in [0.29, 0.717) is 11.1 Å². The first-order chi connectivity index (χ1) is 9.65. The van der Waals surface area contributed by atoms with E-state index in [-0.39, 0.29) is 11.3 Å². The summed E-state index contributed by atoms with van der Waals surface area (Å²) in [5.74, 6) is 0.0176. The third kappa shape index (κ3) is 2.14. The van der Waals surface area contributed by atoms with Gasteiger partial charge in [0.15, 0.2) is 5.78 Å². The molecule has 3 aromatic rings. The zero-order chi connectivity index (χ0) is 14.1. The zero-order valence-corrected chi connectivity index (χ0v) is 11.0. The average Bonchev–Trinajstić information content (AvgIpc) is 2.46. The van der Waals surface area contributed by atoms with E-state index < -0.39 is 0 Å². The summed E-state index contributed by atoms with van der Waals surface area (Å²) in [7, 11) is 0. The largest absolute Gasteiger partial charge is 0.321 e. The molecule has 3 rings (SSSR count). The van der Waals surface area contributed by atoms with E-state index in [9.17, 15) is 9.59 Å². The van der Waals surface area contributed by atoms with Gasteiger partial charge in [-0.1, -0.05) is 42.5 Å². The Kier molecular flexibility index (Phi) is 2.95. The van der Waals surface area contributed by atoms with Gasteiger partial charge in [-0.15, -0.1) is 0 Å². The number of benzene rings is 2. The fraction of sp³-hybridized carbons (Fsp3) is 0.0588. The van der Waals surface area contributed by atoms with Crippen molar-refractivity contribution in [2.75, 3.05) is 0 Å². The van der Waals surface area contributed by atoms with E-state index in [1.54, 1.807) is 24.3 Å². The number of Topliss-reactive ketones (excluding diaryl/α,β-unsaturated/α-hetero) is 1. The number of aromatic amines is 1. The Hall–Kier alpha value is -2.68. The predicted molar refractivity (Wildman–Crippen MR) is 80.0 cm³/mol. The molecule has 0 bridgehead atoms. The molecular formula is C17H13NO2. The number of hydrogen-bond donors (Lipinski definition) is 1. The quantitative estimate of drug-likeness (QED) is 0.720. The molecule has 0 radical (unpaired) electrons. The highest BCUT2D eigenvalue weighted by atomic mass is 16.1. The van der Waals surface area contributed by atoms with Gasteiger partial charge in [-0.3, -0.25) is 9.59 Å². The van der Waals surface area contributed by atoms with Crippen LogP contribution in [0.15, 0.2) is 59.4 Å². The molecule has 0 aliphatic heterocycles. The molecule has 0 fully saturated rings. The summed E-state index contributed by atoms with van der Waals surface area (Å²) in [6.45, 7) is 1.53. The summed E-state index contributed by atoms with van der Waals surface area (Å²) >= 11 is 0. The Morgan fingerprint density at radius 2 is 1.70 bits per heavy atom. The molecule has 1 heterocycles. The minimum absolute atomic E-state index is 0.0176. The molecule has 0 saturated heterocycles. The van der Waals surface area contributed by atoms with Gasteiger partial charge in [-0.2, -0.15) is 0 Å². The molecule has 1 aromatic heterocycles. The molecule has 0 unspecified atom stereocenters. The molecule has 0 amide bonds. The number of carbonyl (C=O) groups is 1. The molecule has 0 aliphatic rings. The standard InChI is InChI=1S/C17H13NO2/c1-11(19)12-6-8-13(9-7-12)15-10-14-4-2-3-5-16(14)18-17(15)20/h2-10H,1H3,(H,18,20). The van der Waals surface area contributed by atoms with E-state index in [0.717, 1.165) is 16.5 Å². The monoisotopic (exact) mass is 263 g/mol. The van der Waals surface area contributed by atoms with Crippen LogP contribution >= 0.6 is 0 Å². The number of ketones is 1. The second kappa shape index (κ2) is 4.78. The van der Waals surface area contributed by atoms with Crippen molar-refractivity contribution >= 4 is 16.7 Å². The Bertz CT molecular complexity index is 845. The van der Waals surface area contributed by atoms with Crippen LogP contribution in [0.25, 0.3) is 22.0 Å². The van der Waals surface area contributed by atoms with E-state index in [2.05, 4.69) is 4.98 Å². The van der Waals surface area contributed by atoms with Gasteiger partial charge in [-0.05, 0) is 30.0 Å². The van der Waals surface area contributed by atoms with Crippen LogP contribution in [0.2, 0.25) is 0 Å². The topological polar surface area (TPSA) is 49.9 Å². The van der Waals surface area contributed by atoms with Crippen LogP contribution in [-0.4, -0.2) is 10.8 Å². The molecule has 3 heteroatoms. The van der Waals surface area contributed by atoms with Crippen LogP contribution in [-0.2, 0) is 0 Å². The Labute approximate surface area is 115 Å². The number of pyridine rings is 1. The van der Waals surface area contributed by atoms with Crippen LogP contribution in [0, 0.1) is 0 Å². The summed E-state index contributed by atoms with van der Waals surface area (Å²) in [5, 5.41) is 0.984. The molecule has 0 spiro atoms. The molecule has 1 N–H and O–H groups in total. The second-order valence-electron chi connectivity index (χ2n) is 4.73. The third-order valence-corrected chi connectivity index (χ3v) is 3.36. The first kappa shape index (κ1) is 12.4. The van der Waals surface area contributed by atoms with Crippen LogP contribution < -0.4 is 5.56 Å². The Balaban J connectivity index is 2.16. The average molecular weight is 263 g/mol. The fourth-order valence-corrected chi connectivity index (χ4v) is 2.25. The van der Waals surface area contributed by atoms with E-state index in [4.69, 9.17) is 0 Å². The minimum Gasteiger partial charge on any atom is -0.321 e. The third-order valence-electron chi connectivity index (χ3n) is 3.36. The van der Waals surface area contributed by atoms with Crippen molar-refractivity contribution in [3.63, 3.8) is 0 Å². The van der Waals surface area contributed by atoms with Gasteiger partial charge in [-0.25, -0.2) is 0 Å². The predicted octanol–water partition coefficient (Wildman–Crippen LogP) is 3.40. The van der Waals surface area contributed by atoms with Gasteiger partial charge < -0.3 is 4.98 Å². The number of carbonyl (C=O) groups excluding carboxylic acids is 1. The number of rotatable bonds is 2. The van der Waals surface area contributed by atoms with Crippen molar-refractivity contribution in [1.29, 1.82) is 0 Å². The van der Waals surface area contributed by atoms with Crippen LogP contribution in [0.4, 0.5) is 0 Å². The number of para-hydroxylation sites is 1. The smallest absolute Gasteiger partial charge is 0.256 e. The number of hydrogen-bond acceptors (Lipinski definition) is 2. The van der Waals surface area contributed by atoms with E-state index in [1.807, 2.05) is 30.3 Å². The molecule has 3 nitrogen and oxygen atoms in total. The Morgan fingerprint density at radius 1 is 1.00 bits per heavy atom. The maximum absolute atomic E-state index is 12.1. The molecule has 20 heavy (non-hydrogen) atoms. The lowest BCUT2D eigenvalue weighted by atomic mass is 10.0. The summed E-state index contributed by atoms with van der Waals surface area (Å²) in [6.07, 6.45) is 0. The zero-order valence-electron chi connectivity index (χ0n) is 11.0. The molecule has 98 valence electrons. The van der Waals surface area contributed by atoms with Crippen molar-refractivity contribution in [3.8, 4) is 11.1 Å². The molecule has 2 aromatic carbocycles. The highest BCUT2D eigenvalue weighted by Gasteiger charge is 2.06. The maximum atomic E-state index is 12.1. The van der Waals surface area contributed by atoms with Crippen molar-refractivity contribution in [2.24, 2.45) is 0 Å². The van der Waals surface area contributed by atoms with Gasteiger partial charge in [0.05, 0.1) is 0 Å². The van der Waals surface area contributed by atoms with E-state index >= 15 is 0 Å². The molecular weight excluding hydrogens is 250 g/mol. The van der Waals surface area contributed by atoms with Crippen molar-refractivity contribution < 1.29 is 4.79 Å². The number of H-pyrrole nitrogens is 1. The van der Waals surface area contributed by atoms with Crippen LogP contribution in [0.5, 0.6) is 0 Å². The maximum Gasteiger partial charge on any atom is 0.256 e. The summed E-state index contributed by atoms with van der Waals surface area (Å²) in [6, 6.07) is 16.6. The summed E-state index contributed by atoms with van der Waals surface area (Å²) < 4.78 is 0. The van der Waals surface area contributed by atoms with Crippen molar-refractivity contribution in [2.45, 2.75) is 6.92 Å². The summed E-state index contributed by atoms with van der Waals surface area (Å²) in [5.41, 5.74) is 2.76. The first-order valence-electron chi connectivity index (χ1n) is 6.38. The van der Waals surface area contributed by atoms with Crippen molar-refractivity contribution in [1.82, 2.24) is 4.98 Å². The lowest BCUT2D eigenvalue weighted by molar-refractivity contribution is 0.101. The van der Waals surface area contributed by atoms with Crippen LogP contribution in [0.1, 0.15) is 17.3 Å². The SMILES string of the molecule is CC(=O)c1ccc(-c2cc3ccccc3[nH]c2=O)cc1. The van der Waals surface area contributed by atoms with E-state index in [1.165, 1.54) is 6.92 Å². The van der Waals surface area contributed by atoms with Gasteiger partial charge in [0, 0.05) is 16.6 Å². The van der Waals surface area contributed by atoms with Gasteiger partial charge in [0.2, 0.25) is 0 Å². The molecule has 0 saturated carbocycles. The van der Waals surface area contributed by atoms with Crippen LogP contribution in [0.3, 0.4) is 0 Å². The second-order valence-corrected chi connectivity index (χ2v) is 4.73. The molecule has 0 aliphatic carbocycles. The lowest BCUT2D eigenvalue weighted by Crippen LogP contribution is -2.08. The Morgan fingerprint density at radius 3 is 2.40 bits per heavy atom. The fourth-order valence-electron chi connectivity index (χ4n) is 2.25. The first-order valence-corrected chi connectivity index (χ1v) is 6.38. The van der Waals surface area contributed by atoms with Gasteiger partial charge >= 0.3 is 0 Å². The highest BCUT2D eigenvalue weighted by Crippen LogP contribution is 2.20. The lowest BCUT2D eigenvalue weighted by Gasteiger charge is -2.04. The van der Waals surface area contributed by atoms with Crippen molar-refractivity contribution in [3.05, 3.63) is 70.5 Å². The minimum atomic E-state index is -0.126. The number of nitrogens with one attached hydrogen (secondary N) is 1.